The summed E-state index contributed by atoms with van der Waals surface area (Å²) in [7, 11) is 0. The third-order valence-corrected chi connectivity index (χ3v) is 0.512. The van der Waals surface area contributed by atoms with Crippen molar-refractivity contribution in [3.8, 4) is 0 Å². The monoisotopic (exact) mass is 353 g/mol. The van der Waals surface area contributed by atoms with Crippen LogP contribution in [0, 0.1) is 71.0 Å². The van der Waals surface area contributed by atoms with E-state index in [9.17, 15) is 0 Å². The van der Waals surface area contributed by atoms with E-state index in [-0.39, 0.29) is 36.3 Å². The molecule has 0 spiro atoms. The summed E-state index contributed by atoms with van der Waals surface area (Å²) in [6, 6.07) is 0. The molecule has 0 amide bonds. The first kappa shape index (κ1) is 67.9. The molecule has 0 aromatic heterocycles. The Balaban J connectivity index is -0.00000000912. The fourth-order valence-corrected chi connectivity index (χ4v) is 0.158. The third-order valence-electron chi connectivity index (χ3n) is 0.512. The minimum Gasteiger partial charge on any atom is -0.512 e. The van der Waals surface area contributed by atoms with Crippen LogP contribution in [0.3, 0.4) is 0 Å². The van der Waals surface area contributed by atoms with Crippen molar-refractivity contribution >= 4 is 0 Å². The average Bonchev–Trinajstić information content (AvgIpc) is 2.52. The zero-order valence-corrected chi connectivity index (χ0v) is 14.3. The van der Waals surface area contributed by atoms with Gasteiger partial charge in [-0.1, -0.05) is 13.3 Å². The van der Waals surface area contributed by atoms with Gasteiger partial charge in [-0.3, -0.25) is 0 Å². The minimum atomic E-state index is 0. The summed E-state index contributed by atoms with van der Waals surface area (Å²) >= 11 is 0. The summed E-state index contributed by atoms with van der Waals surface area (Å²) in [5, 5.41) is 45.6. The van der Waals surface area contributed by atoms with Gasteiger partial charge in [0.25, 0.3) is 0 Å². The number of aliphatic hydroxyl groups excluding tert-OH is 1. The van der Waals surface area contributed by atoms with Gasteiger partial charge >= 0.3 is 0 Å². The van der Waals surface area contributed by atoms with Crippen molar-refractivity contribution in [2.24, 2.45) is 0 Å². The normalized spacial score (nSPS) is 2.84. The first-order valence-electron chi connectivity index (χ1n) is 3.36. The van der Waals surface area contributed by atoms with Crippen LogP contribution in [0.2, 0.25) is 0 Å². The molecular formula is C10H10CoN6OZn-6. The number of nitrogens with zero attached hydrogens (tertiary/aromatic N) is 6. The van der Waals surface area contributed by atoms with Crippen LogP contribution in [0.25, 0.3) is 0 Å². The molecule has 1 radical (unpaired) electrons. The minimum absolute atomic E-state index is 0. The van der Waals surface area contributed by atoms with Gasteiger partial charge < -0.3 is 76.1 Å². The van der Waals surface area contributed by atoms with Gasteiger partial charge in [0.2, 0.25) is 0 Å². The number of hydrogen-bond donors (Lipinski definition) is 1. The van der Waals surface area contributed by atoms with Crippen LogP contribution in [-0.2, 0) is 36.3 Å². The second-order valence-corrected chi connectivity index (χ2v) is 1.08. The standard InChI is InChI=1S/C4H10O.6CN.Co.Zn/c1-2-3-4-5;6*1-2;;/h5H,2-4H2,1H3;;;;;;;;/q;6*-1;;. The van der Waals surface area contributed by atoms with Gasteiger partial charge in [-0.2, -0.15) is 0 Å². The second kappa shape index (κ2) is 3410. The first-order valence-corrected chi connectivity index (χ1v) is 3.36. The Morgan fingerprint density at radius 3 is 0.842 bits per heavy atom. The van der Waals surface area contributed by atoms with Gasteiger partial charge in [-0.05, 0) is 6.42 Å². The molecule has 0 bridgehead atoms. The topological polar surface area (TPSA) is 163 Å². The molecule has 19 heavy (non-hydrogen) atoms. The predicted molar refractivity (Wildman–Crippen MR) is 51.8 cm³/mol. The van der Waals surface area contributed by atoms with Gasteiger partial charge in [0, 0.05) is 42.9 Å². The molecule has 7 nitrogen and oxygen atoms in total. The summed E-state index contributed by atoms with van der Waals surface area (Å²) in [5.41, 5.74) is 0. The van der Waals surface area contributed by atoms with E-state index in [1.807, 2.05) is 0 Å². The maximum absolute atomic E-state index is 8.07. The zero-order valence-electron chi connectivity index (χ0n) is 10.3. The average molecular weight is 355 g/mol. The van der Waals surface area contributed by atoms with Crippen LogP contribution in [0.1, 0.15) is 19.8 Å². The van der Waals surface area contributed by atoms with Gasteiger partial charge in [-0.15, -0.1) is 0 Å². The molecule has 1 N–H and O–H groups in total. The van der Waals surface area contributed by atoms with Crippen LogP contribution < -0.4 is 0 Å². The molecule has 0 saturated carbocycles. The predicted octanol–water partition coefficient (Wildman–Crippen LogP) is 1.35. The Morgan fingerprint density at radius 1 is 0.684 bits per heavy atom. The molecule has 0 heterocycles. The largest absolute Gasteiger partial charge is 0.512 e. The molecule has 0 atom stereocenters. The van der Waals surface area contributed by atoms with E-state index in [0.717, 1.165) is 12.8 Å². The van der Waals surface area contributed by atoms with Crippen molar-refractivity contribution in [2.45, 2.75) is 19.8 Å². The molecule has 0 fully saturated rings. The molecule has 0 aliphatic rings. The van der Waals surface area contributed by atoms with Gasteiger partial charge in [0.1, 0.15) is 0 Å². The van der Waals surface area contributed by atoms with Crippen molar-refractivity contribution in [1.82, 2.24) is 0 Å². The van der Waals surface area contributed by atoms with E-state index >= 15 is 0 Å². The Kier molecular flexibility index (Phi) is 12200. The van der Waals surface area contributed by atoms with Crippen LogP contribution in [0.5, 0.6) is 0 Å². The van der Waals surface area contributed by atoms with Crippen LogP contribution in [0.15, 0.2) is 0 Å². The smallest absolute Gasteiger partial charge is 0.0430 e. The van der Waals surface area contributed by atoms with E-state index in [1.165, 1.54) is 0 Å². The fourth-order valence-electron chi connectivity index (χ4n) is 0.158. The molecule has 9 heteroatoms. The summed E-state index contributed by atoms with van der Waals surface area (Å²) in [6.07, 6.45) is 2.04. The van der Waals surface area contributed by atoms with Crippen molar-refractivity contribution in [3.05, 3.63) is 39.4 Å². The third kappa shape index (κ3) is 3540000. The summed E-state index contributed by atoms with van der Waals surface area (Å²) < 4.78 is 0. The van der Waals surface area contributed by atoms with Crippen LogP contribution >= 0.6 is 0 Å². The quantitative estimate of drug-likeness (QED) is 0.577. The summed E-state index contributed by atoms with van der Waals surface area (Å²) in [4.78, 5) is 0. The number of rotatable bonds is 2. The second-order valence-electron chi connectivity index (χ2n) is 1.08. The molecule has 0 aromatic rings. The van der Waals surface area contributed by atoms with E-state index < -0.39 is 0 Å². The summed E-state index contributed by atoms with van der Waals surface area (Å²) in [5.74, 6) is 0. The number of hydrogen-bond acceptors (Lipinski definition) is 7. The number of unbranched alkanes of at least 4 members (excludes halogenated alkanes) is 1. The van der Waals surface area contributed by atoms with E-state index in [4.69, 9.17) is 76.1 Å². The zero-order chi connectivity index (χ0) is 16.1. The molecule has 0 unspecified atom stereocenters. The molecule has 0 rings (SSSR count). The summed E-state index contributed by atoms with van der Waals surface area (Å²) in [6.45, 7) is 30.9. The maximum Gasteiger partial charge on any atom is 0.0430 e. The van der Waals surface area contributed by atoms with Crippen LogP contribution in [-0.4, -0.2) is 11.7 Å². The van der Waals surface area contributed by atoms with Crippen molar-refractivity contribution in [3.63, 3.8) is 0 Å². The molecule has 0 aliphatic heterocycles. The fraction of sp³-hybridized carbons (Fsp3) is 0.400. The Bertz CT molecular complexity index is 139. The van der Waals surface area contributed by atoms with Gasteiger partial charge in [0.15, 0.2) is 0 Å². The van der Waals surface area contributed by atoms with Gasteiger partial charge in [0.05, 0.1) is 0 Å². The molecule has 0 saturated heterocycles. The van der Waals surface area contributed by atoms with E-state index in [1.54, 1.807) is 0 Å². The molecule has 0 aliphatic carbocycles. The van der Waals surface area contributed by atoms with Crippen molar-refractivity contribution in [2.75, 3.05) is 6.61 Å². The Labute approximate surface area is 138 Å². The number of aliphatic hydroxyl groups is 1. The van der Waals surface area contributed by atoms with E-state index in [0.29, 0.717) is 6.61 Å². The SMILES string of the molecule is CCCCO.[C-]#N.[C-]#N.[C-]#N.[C-]#N.[C-]#N.[C-]#N.[Co].[Zn]. The molecular weight excluding hydrogens is 344 g/mol. The first-order chi connectivity index (χ1) is 8.41. The molecule has 0 aromatic carbocycles. The van der Waals surface area contributed by atoms with E-state index in [2.05, 4.69) is 6.92 Å². The van der Waals surface area contributed by atoms with Crippen molar-refractivity contribution < 1.29 is 41.4 Å². The van der Waals surface area contributed by atoms with Gasteiger partial charge in [-0.25, -0.2) is 0 Å². The maximum atomic E-state index is 8.07. The molecule has 103 valence electrons. The Hall–Kier alpha value is -1.97. The van der Waals surface area contributed by atoms with Crippen LogP contribution in [0.4, 0.5) is 0 Å². The Morgan fingerprint density at radius 2 is 0.842 bits per heavy atom. The van der Waals surface area contributed by atoms with Crippen molar-refractivity contribution in [1.29, 1.82) is 31.6 Å².